The van der Waals surface area contributed by atoms with Gasteiger partial charge in [0.2, 0.25) is 0 Å². The number of benzene rings is 1. The maximum atomic E-state index is 12.1. The predicted octanol–water partition coefficient (Wildman–Crippen LogP) is 7.97. The molecule has 0 N–H and O–H groups in total. The summed E-state index contributed by atoms with van der Waals surface area (Å²) in [5, 5.41) is 0. The average Bonchev–Trinajstić information content (AvgIpc) is 2.77. The number of hydrogen-bond donors (Lipinski definition) is 0. The summed E-state index contributed by atoms with van der Waals surface area (Å²) in [5.41, 5.74) is 0.608. The van der Waals surface area contributed by atoms with E-state index in [2.05, 4.69) is 13.8 Å². The highest BCUT2D eigenvalue weighted by Gasteiger charge is 2.20. The van der Waals surface area contributed by atoms with Gasteiger partial charge in [-0.15, -0.1) is 0 Å². The second-order valence-corrected chi connectivity index (χ2v) is 9.09. The molecule has 0 heterocycles. The van der Waals surface area contributed by atoms with Crippen LogP contribution in [0.2, 0.25) is 0 Å². The second-order valence-electron chi connectivity index (χ2n) is 9.09. The van der Waals surface area contributed by atoms with E-state index >= 15 is 0 Å². The molecule has 3 nitrogen and oxygen atoms in total. The number of carbonyl (C=O) groups excluding carboxylic acids is 1. The van der Waals surface area contributed by atoms with Crippen LogP contribution in [0.1, 0.15) is 114 Å². The molecule has 1 fully saturated rings. The van der Waals surface area contributed by atoms with Gasteiger partial charge in [-0.1, -0.05) is 84.5 Å². The molecule has 0 atom stereocenters. The molecule has 1 aromatic carbocycles. The molecular formula is C27H44O3. The van der Waals surface area contributed by atoms with Gasteiger partial charge in [-0.2, -0.15) is 0 Å². The zero-order valence-corrected chi connectivity index (χ0v) is 19.5. The molecule has 1 aliphatic rings. The van der Waals surface area contributed by atoms with Crippen molar-refractivity contribution >= 4 is 5.97 Å². The maximum absolute atomic E-state index is 12.1. The first-order chi connectivity index (χ1) is 14.7. The molecule has 0 aliphatic heterocycles. The second kappa shape index (κ2) is 15.3. The quantitative estimate of drug-likeness (QED) is 0.215. The monoisotopic (exact) mass is 416 g/mol. The van der Waals surface area contributed by atoms with E-state index in [1.165, 1.54) is 70.6 Å². The molecule has 1 saturated carbocycles. The lowest BCUT2D eigenvalue weighted by Gasteiger charge is -2.28. The molecule has 0 aromatic heterocycles. The van der Waals surface area contributed by atoms with Crippen LogP contribution in [-0.4, -0.2) is 19.2 Å². The predicted molar refractivity (Wildman–Crippen MR) is 125 cm³/mol. The summed E-state index contributed by atoms with van der Waals surface area (Å²) in [6, 6.07) is 7.40. The first kappa shape index (κ1) is 24.8. The van der Waals surface area contributed by atoms with Crippen molar-refractivity contribution in [3.05, 3.63) is 29.8 Å². The smallest absolute Gasteiger partial charge is 0.338 e. The van der Waals surface area contributed by atoms with Crippen molar-refractivity contribution < 1.29 is 14.3 Å². The third kappa shape index (κ3) is 10.00. The van der Waals surface area contributed by atoms with Crippen LogP contribution in [0.3, 0.4) is 0 Å². The Morgan fingerprint density at radius 1 is 0.767 bits per heavy atom. The highest BCUT2D eigenvalue weighted by molar-refractivity contribution is 5.89. The van der Waals surface area contributed by atoms with Crippen molar-refractivity contribution in [2.45, 2.75) is 104 Å². The van der Waals surface area contributed by atoms with Crippen LogP contribution >= 0.6 is 0 Å². The Morgan fingerprint density at radius 2 is 1.40 bits per heavy atom. The third-order valence-electron chi connectivity index (χ3n) is 6.51. The van der Waals surface area contributed by atoms with Crippen LogP contribution in [0.15, 0.2) is 24.3 Å². The molecule has 170 valence electrons. The fourth-order valence-electron chi connectivity index (χ4n) is 4.60. The van der Waals surface area contributed by atoms with Crippen molar-refractivity contribution in [1.82, 2.24) is 0 Å². The van der Waals surface area contributed by atoms with Gasteiger partial charge >= 0.3 is 5.97 Å². The van der Waals surface area contributed by atoms with E-state index in [1.807, 2.05) is 24.3 Å². The van der Waals surface area contributed by atoms with Crippen molar-refractivity contribution in [2.75, 3.05) is 13.2 Å². The van der Waals surface area contributed by atoms with Crippen LogP contribution in [-0.2, 0) is 4.74 Å². The van der Waals surface area contributed by atoms with Gasteiger partial charge in [0.05, 0.1) is 18.8 Å². The molecule has 1 aromatic rings. The standard InChI is InChI=1S/C27H44O3/c1-3-5-6-7-8-9-21-30-27(28)25-17-19-26(20-18-25)29-22-10-12-24-15-13-23(11-4-2)14-16-24/h17-20,23-24H,3-16,21-22H2,1-2H3. The summed E-state index contributed by atoms with van der Waals surface area (Å²) in [4.78, 5) is 12.1. The summed E-state index contributed by atoms with van der Waals surface area (Å²) in [6.07, 6.45) is 18.0. The molecule has 3 heteroatoms. The first-order valence-electron chi connectivity index (χ1n) is 12.6. The van der Waals surface area contributed by atoms with Gasteiger partial charge in [-0.25, -0.2) is 4.79 Å². The summed E-state index contributed by atoms with van der Waals surface area (Å²) in [6.45, 7) is 5.80. The van der Waals surface area contributed by atoms with Gasteiger partial charge < -0.3 is 9.47 Å². The fourth-order valence-corrected chi connectivity index (χ4v) is 4.60. The SMILES string of the molecule is CCCCCCCCOC(=O)c1ccc(OCCCC2CCC(CCC)CC2)cc1. The van der Waals surface area contributed by atoms with Crippen molar-refractivity contribution in [1.29, 1.82) is 0 Å². The van der Waals surface area contributed by atoms with Gasteiger partial charge in [-0.05, 0) is 55.4 Å². The Morgan fingerprint density at radius 3 is 2.07 bits per heavy atom. The van der Waals surface area contributed by atoms with Gasteiger partial charge in [0.15, 0.2) is 0 Å². The van der Waals surface area contributed by atoms with Crippen molar-refractivity contribution in [3.8, 4) is 5.75 Å². The largest absolute Gasteiger partial charge is 0.494 e. The number of rotatable bonds is 15. The molecule has 0 amide bonds. The Labute approximate surface area is 184 Å². The van der Waals surface area contributed by atoms with E-state index in [4.69, 9.17) is 9.47 Å². The van der Waals surface area contributed by atoms with Crippen LogP contribution in [0.5, 0.6) is 5.75 Å². The molecule has 30 heavy (non-hydrogen) atoms. The maximum Gasteiger partial charge on any atom is 0.338 e. The van der Waals surface area contributed by atoms with E-state index < -0.39 is 0 Å². The lowest BCUT2D eigenvalue weighted by molar-refractivity contribution is 0.0497. The van der Waals surface area contributed by atoms with E-state index in [0.29, 0.717) is 12.2 Å². The Balaban J connectivity index is 1.54. The Hall–Kier alpha value is -1.51. The summed E-state index contributed by atoms with van der Waals surface area (Å²) in [7, 11) is 0. The van der Waals surface area contributed by atoms with Crippen LogP contribution < -0.4 is 4.74 Å². The fraction of sp³-hybridized carbons (Fsp3) is 0.741. The van der Waals surface area contributed by atoms with E-state index in [1.54, 1.807) is 0 Å². The number of esters is 1. The lowest BCUT2D eigenvalue weighted by atomic mass is 9.78. The molecule has 1 aliphatic carbocycles. The van der Waals surface area contributed by atoms with E-state index in [0.717, 1.165) is 43.5 Å². The number of ether oxygens (including phenoxy) is 2. The molecule has 0 radical (unpaired) electrons. The normalized spacial score (nSPS) is 18.9. The van der Waals surface area contributed by atoms with Crippen molar-refractivity contribution in [2.24, 2.45) is 11.8 Å². The van der Waals surface area contributed by atoms with Gasteiger partial charge in [0, 0.05) is 0 Å². The van der Waals surface area contributed by atoms with Crippen LogP contribution in [0.4, 0.5) is 0 Å². The lowest BCUT2D eigenvalue weighted by Crippen LogP contribution is -2.15. The van der Waals surface area contributed by atoms with E-state index in [-0.39, 0.29) is 5.97 Å². The minimum Gasteiger partial charge on any atom is -0.494 e. The number of carbonyl (C=O) groups is 1. The highest BCUT2D eigenvalue weighted by atomic mass is 16.5. The van der Waals surface area contributed by atoms with Gasteiger partial charge in [-0.3, -0.25) is 0 Å². The highest BCUT2D eigenvalue weighted by Crippen LogP contribution is 2.33. The first-order valence-corrected chi connectivity index (χ1v) is 12.6. The zero-order valence-electron chi connectivity index (χ0n) is 19.5. The summed E-state index contributed by atoms with van der Waals surface area (Å²) in [5.74, 6) is 2.49. The van der Waals surface area contributed by atoms with Crippen LogP contribution in [0, 0.1) is 11.8 Å². The molecule has 0 spiro atoms. The van der Waals surface area contributed by atoms with Gasteiger partial charge in [0.25, 0.3) is 0 Å². The van der Waals surface area contributed by atoms with Gasteiger partial charge in [0.1, 0.15) is 5.75 Å². The molecule has 0 unspecified atom stereocenters. The third-order valence-corrected chi connectivity index (χ3v) is 6.51. The topological polar surface area (TPSA) is 35.5 Å². The molecular weight excluding hydrogens is 372 g/mol. The summed E-state index contributed by atoms with van der Waals surface area (Å²) >= 11 is 0. The molecule has 2 rings (SSSR count). The Kier molecular flexibility index (Phi) is 12.6. The minimum absolute atomic E-state index is 0.228. The number of hydrogen-bond acceptors (Lipinski definition) is 3. The minimum atomic E-state index is -0.228. The number of unbranched alkanes of at least 4 members (excludes halogenated alkanes) is 5. The molecule has 0 saturated heterocycles. The van der Waals surface area contributed by atoms with Crippen molar-refractivity contribution in [3.63, 3.8) is 0 Å². The zero-order chi connectivity index (χ0) is 21.4. The Bertz CT molecular complexity index is 558. The van der Waals surface area contributed by atoms with Crippen LogP contribution in [0.25, 0.3) is 0 Å². The average molecular weight is 417 g/mol. The van der Waals surface area contributed by atoms with E-state index in [9.17, 15) is 4.79 Å². The molecule has 0 bridgehead atoms. The summed E-state index contributed by atoms with van der Waals surface area (Å²) < 4.78 is 11.3.